The number of ether oxygens (including phenoxy) is 1. The molecule has 2 N–H and O–H groups in total. The summed E-state index contributed by atoms with van der Waals surface area (Å²) < 4.78 is 5.96. The first-order valence-electron chi connectivity index (χ1n) is 12.1. The van der Waals surface area contributed by atoms with Crippen LogP contribution in [0.15, 0.2) is 78.9 Å². The van der Waals surface area contributed by atoms with E-state index in [2.05, 4.69) is 36.9 Å². The zero-order valence-corrected chi connectivity index (χ0v) is 21.2. The third-order valence-electron chi connectivity index (χ3n) is 6.38. The Hall–Kier alpha value is -3.21. The summed E-state index contributed by atoms with van der Waals surface area (Å²) in [5.74, 6) is 1.41. The Morgan fingerprint density at radius 3 is 2.14 bits per heavy atom. The van der Waals surface area contributed by atoms with Crippen LogP contribution in [-0.2, 0) is 6.42 Å². The van der Waals surface area contributed by atoms with E-state index in [1.165, 1.54) is 11.1 Å². The van der Waals surface area contributed by atoms with Gasteiger partial charge in [0, 0.05) is 6.54 Å². The van der Waals surface area contributed by atoms with E-state index in [0.29, 0.717) is 6.61 Å². The van der Waals surface area contributed by atoms with Crippen LogP contribution >= 0.6 is 12.4 Å². The zero-order chi connectivity index (χ0) is 23.9. The van der Waals surface area contributed by atoms with Gasteiger partial charge in [0.2, 0.25) is 0 Å². The number of hydrogen-bond donors (Lipinski definition) is 2. The predicted molar refractivity (Wildman–Crippen MR) is 147 cm³/mol. The summed E-state index contributed by atoms with van der Waals surface area (Å²) in [5, 5.41) is 21.8. The molecule has 0 bridgehead atoms. The summed E-state index contributed by atoms with van der Waals surface area (Å²) in [4.78, 5) is 2.40. The van der Waals surface area contributed by atoms with Gasteiger partial charge in [-0.2, -0.15) is 0 Å². The van der Waals surface area contributed by atoms with Crippen LogP contribution in [0.3, 0.4) is 0 Å². The molecule has 0 amide bonds. The van der Waals surface area contributed by atoms with E-state index < -0.39 is 0 Å². The van der Waals surface area contributed by atoms with Crippen molar-refractivity contribution in [1.82, 2.24) is 4.90 Å². The Labute approximate surface area is 214 Å². The molecule has 0 saturated heterocycles. The van der Waals surface area contributed by atoms with Gasteiger partial charge in [0.1, 0.15) is 17.2 Å². The minimum atomic E-state index is 0. The number of aromatic hydroxyl groups is 2. The second-order valence-electron chi connectivity index (χ2n) is 8.59. The van der Waals surface area contributed by atoms with Crippen LogP contribution in [0, 0.1) is 0 Å². The van der Waals surface area contributed by atoms with Gasteiger partial charge in [-0.1, -0.05) is 56.3 Å². The molecular weight excluding hydrogens is 458 g/mol. The van der Waals surface area contributed by atoms with Gasteiger partial charge < -0.3 is 19.8 Å². The van der Waals surface area contributed by atoms with Gasteiger partial charge in [0.05, 0.1) is 6.61 Å². The fraction of sp³-hybridized carbons (Fsp3) is 0.267. The number of halogens is 1. The average Bonchev–Trinajstić information content (AvgIpc) is 2.86. The summed E-state index contributed by atoms with van der Waals surface area (Å²) >= 11 is 0. The molecule has 0 unspecified atom stereocenters. The van der Waals surface area contributed by atoms with Crippen molar-refractivity contribution < 1.29 is 14.9 Å². The lowest BCUT2D eigenvalue weighted by Crippen LogP contribution is -2.25. The van der Waals surface area contributed by atoms with Crippen molar-refractivity contribution in [3.63, 3.8) is 0 Å². The molecule has 0 atom stereocenters. The van der Waals surface area contributed by atoms with E-state index in [9.17, 15) is 10.2 Å². The molecule has 4 nitrogen and oxygen atoms in total. The molecule has 0 aliphatic carbocycles. The van der Waals surface area contributed by atoms with Crippen LogP contribution in [0.5, 0.6) is 17.2 Å². The third kappa shape index (κ3) is 6.68. The predicted octanol–water partition coefficient (Wildman–Crippen LogP) is 7.04. The van der Waals surface area contributed by atoms with Crippen molar-refractivity contribution >= 4 is 23.2 Å². The Morgan fingerprint density at radius 2 is 1.46 bits per heavy atom. The van der Waals surface area contributed by atoms with Gasteiger partial charge in [-0.3, -0.25) is 0 Å². The molecule has 0 saturated carbocycles. The largest absolute Gasteiger partial charge is 0.508 e. The summed E-state index contributed by atoms with van der Waals surface area (Å²) in [6.45, 7) is 8.30. The van der Waals surface area contributed by atoms with Crippen LogP contribution in [0.2, 0.25) is 0 Å². The average molecular weight is 492 g/mol. The maximum atomic E-state index is 9.96. The monoisotopic (exact) mass is 491 g/mol. The van der Waals surface area contributed by atoms with E-state index >= 15 is 0 Å². The van der Waals surface area contributed by atoms with Gasteiger partial charge in [-0.25, -0.2) is 0 Å². The molecule has 35 heavy (non-hydrogen) atoms. The van der Waals surface area contributed by atoms with Gasteiger partial charge in [0.15, 0.2) is 0 Å². The molecule has 4 aromatic rings. The van der Waals surface area contributed by atoms with E-state index in [0.717, 1.165) is 60.1 Å². The molecule has 0 aromatic heterocycles. The lowest BCUT2D eigenvalue weighted by molar-refractivity contribution is 0.249. The van der Waals surface area contributed by atoms with Crippen molar-refractivity contribution in [3.8, 4) is 28.4 Å². The van der Waals surface area contributed by atoms with E-state index in [4.69, 9.17) is 4.74 Å². The Bertz CT molecular complexity index is 1220. The molecule has 5 heteroatoms. The van der Waals surface area contributed by atoms with Gasteiger partial charge in [-0.15, -0.1) is 12.4 Å². The molecule has 0 aliphatic rings. The van der Waals surface area contributed by atoms with Crippen LogP contribution in [0.25, 0.3) is 21.9 Å². The highest BCUT2D eigenvalue weighted by atomic mass is 35.5. The first kappa shape index (κ1) is 26.4. The van der Waals surface area contributed by atoms with E-state index in [-0.39, 0.29) is 23.9 Å². The molecule has 184 valence electrons. The molecule has 0 heterocycles. The number of fused-ring (bicyclic) bond motifs is 1. The maximum absolute atomic E-state index is 9.96. The second-order valence-corrected chi connectivity index (χ2v) is 8.59. The minimum absolute atomic E-state index is 0. The van der Waals surface area contributed by atoms with Crippen LogP contribution in [0.1, 0.15) is 31.4 Å². The van der Waals surface area contributed by atoms with Crippen molar-refractivity contribution in [3.05, 3.63) is 90.0 Å². The van der Waals surface area contributed by atoms with Crippen molar-refractivity contribution in [2.45, 2.75) is 26.7 Å². The number of hydrogen-bond acceptors (Lipinski definition) is 4. The molecular formula is C30H34ClNO3. The molecule has 0 fully saturated rings. The standard InChI is InChI=1S/C30H33NO3.ClH/c1-3-31(4-2)18-5-19-34-27-14-6-22(7-15-27)20-30-28(23-8-11-25(32)12-9-23)16-10-24-21-26(33)13-17-29(24)30;/h6-17,21,32-33H,3-5,18-20H2,1-2H3;1H. The maximum Gasteiger partial charge on any atom is 0.119 e. The second kappa shape index (κ2) is 12.5. The van der Waals surface area contributed by atoms with Crippen molar-refractivity contribution in [2.24, 2.45) is 0 Å². The minimum Gasteiger partial charge on any atom is -0.508 e. The Balaban J connectivity index is 0.00000342. The number of benzene rings is 4. The first-order chi connectivity index (χ1) is 16.6. The number of nitrogens with zero attached hydrogens (tertiary/aromatic N) is 1. The van der Waals surface area contributed by atoms with Gasteiger partial charge in [0.25, 0.3) is 0 Å². The molecule has 0 radical (unpaired) electrons. The summed E-state index contributed by atoms with van der Waals surface area (Å²) in [7, 11) is 0. The highest BCUT2D eigenvalue weighted by Crippen LogP contribution is 2.34. The molecule has 0 spiro atoms. The van der Waals surface area contributed by atoms with Crippen LogP contribution in [-0.4, -0.2) is 41.4 Å². The Morgan fingerprint density at radius 1 is 0.771 bits per heavy atom. The first-order valence-corrected chi connectivity index (χ1v) is 12.1. The normalized spacial score (nSPS) is 10.9. The summed E-state index contributed by atoms with van der Waals surface area (Å²) in [6, 6.07) is 25.3. The fourth-order valence-corrected chi connectivity index (χ4v) is 4.41. The van der Waals surface area contributed by atoms with Crippen molar-refractivity contribution in [1.29, 1.82) is 0 Å². The van der Waals surface area contributed by atoms with Crippen molar-refractivity contribution in [2.75, 3.05) is 26.2 Å². The third-order valence-corrected chi connectivity index (χ3v) is 6.38. The van der Waals surface area contributed by atoms with Gasteiger partial charge >= 0.3 is 0 Å². The lowest BCUT2D eigenvalue weighted by atomic mass is 9.90. The topological polar surface area (TPSA) is 52.9 Å². The van der Waals surface area contributed by atoms with Crippen LogP contribution < -0.4 is 4.74 Å². The summed E-state index contributed by atoms with van der Waals surface area (Å²) in [6.07, 6.45) is 1.77. The molecule has 0 aliphatic heterocycles. The SMILES string of the molecule is CCN(CC)CCCOc1ccc(Cc2c(-c3ccc(O)cc3)ccc3cc(O)ccc23)cc1.Cl. The quantitative estimate of drug-likeness (QED) is 0.233. The van der Waals surface area contributed by atoms with E-state index in [1.807, 2.05) is 36.4 Å². The van der Waals surface area contributed by atoms with E-state index in [1.54, 1.807) is 24.3 Å². The fourth-order valence-electron chi connectivity index (χ4n) is 4.41. The Kier molecular flexibility index (Phi) is 9.41. The number of phenols is 2. The molecule has 4 aromatic carbocycles. The lowest BCUT2D eigenvalue weighted by Gasteiger charge is -2.17. The van der Waals surface area contributed by atoms with Gasteiger partial charge in [-0.05, 0) is 95.4 Å². The van der Waals surface area contributed by atoms with Crippen LogP contribution in [0.4, 0.5) is 0 Å². The smallest absolute Gasteiger partial charge is 0.119 e. The number of rotatable bonds is 10. The molecule has 4 rings (SSSR count). The highest BCUT2D eigenvalue weighted by molar-refractivity contribution is 5.93. The zero-order valence-electron chi connectivity index (χ0n) is 20.4. The number of phenolic OH excluding ortho intramolecular Hbond substituents is 2. The highest BCUT2D eigenvalue weighted by Gasteiger charge is 2.12. The summed E-state index contributed by atoms with van der Waals surface area (Å²) in [5.41, 5.74) is 4.55.